The molecule has 0 saturated heterocycles. The first-order valence-corrected chi connectivity index (χ1v) is 7.94. The number of aliphatic hydroxyl groups excluding tert-OH is 1. The van der Waals surface area contributed by atoms with E-state index in [0.29, 0.717) is 5.02 Å². The van der Waals surface area contributed by atoms with Crippen LogP contribution in [0.1, 0.15) is 5.56 Å². The Labute approximate surface area is 131 Å². The van der Waals surface area contributed by atoms with E-state index < -0.39 is 22.4 Å². The van der Waals surface area contributed by atoms with E-state index in [1.807, 2.05) is 0 Å². The second-order valence-corrected chi connectivity index (χ2v) is 6.67. The molecule has 0 amide bonds. The molecule has 0 radical (unpaired) electrons. The fourth-order valence-electron chi connectivity index (χ4n) is 1.62. The molecular weight excluding hydrogens is 340 g/mol. The number of sulfonamides is 1. The van der Waals surface area contributed by atoms with E-state index >= 15 is 0 Å². The Morgan fingerprint density at radius 3 is 2.52 bits per heavy atom. The van der Waals surface area contributed by atoms with Gasteiger partial charge in [-0.15, -0.1) is 0 Å². The van der Waals surface area contributed by atoms with Crippen molar-refractivity contribution in [1.29, 1.82) is 0 Å². The highest BCUT2D eigenvalue weighted by Crippen LogP contribution is 2.28. The van der Waals surface area contributed by atoms with Crippen molar-refractivity contribution in [3.05, 3.63) is 57.8 Å². The molecule has 2 rings (SSSR count). The van der Waals surface area contributed by atoms with Gasteiger partial charge in [-0.05, 0) is 36.4 Å². The van der Waals surface area contributed by atoms with Crippen molar-refractivity contribution in [1.82, 2.24) is 0 Å². The lowest BCUT2D eigenvalue weighted by atomic mass is 10.2. The van der Waals surface area contributed by atoms with E-state index in [4.69, 9.17) is 28.3 Å². The molecule has 0 unspecified atom stereocenters. The van der Waals surface area contributed by atoms with Crippen molar-refractivity contribution in [2.75, 3.05) is 4.72 Å². The van der Waals surface area contributed by atoms with Gasteiger partial charge in [0.25, 0.3) is 10.0 Å². The van der Waals surface area contributed by atoms with Crippen molar-refractivity contribution >= 4 is 38.9 Å². The molecule has 0 atom stereocenters. The molecule has 0 heterocycles. The standard InChI is InChI=1S/C13H10Cl2FNO3S/c14-9-1-3-11(15)13(6-9)17-21(19,20)10-2-4-12(16)8(5-10)7-18/h1-6,17-18H,7H2. The third-order valence-corrected chi connectivity index (χ3v) is 4.60. The van der Waals surface area contributed by atoms with Gasteiger partial charge in [-0.25, -0.2) is 12.8 Å². The molecule has 2 aromatic carbocycles. The van der Waals surface area contributed by atoms with Gasteiger partial charge in [-0.2, -0.15) is 0 Å². The van der Waals surface area contributed by atoms with Gasteiger partial charge in [0, 0.05) is 10.6 Å². The maximum atomic E-state index is 13.3. The minimum atomic E-state index is -3.97. The lowest BCUT2D eigenvalue weighted by Crippen LogP contribution is -2.14. The van der Waals surface area contributed by atoms with Gasteiger partial charge in [0.1, 0.15) is 5.82 Å². The highest BCUT2D eigenvalue weighted by molar-refractivity contribution is 7.92. The summed E-state index contributed by atoms with van der Waals surface area (Å²) < 4.78 is 40.0. The number of halogens is 3. The molecule has 0 aromatic heterocycles. The van der Waals surface area contributed by atoms with E-state index in [0.717, 1.165) is 18.2 Å². The summed E-state index contributed by atoms with van der Waals surface area (Å²) in [6.45, 7) is -0.604. The third-order valence-electron chi connectivity index (χ3n) is 2.67. The van der Waals surface area contributed by atoms with Crippen LogP contribution >= 0.6 is 23.2 Å². The molecule has 0 spiro atoms. The zero-order valence-electron chi connectivity index (χ0n) is 10.5. The van der Waals surface area contributed by atoms with Crippen molar-refractivity contribution in [2.24, 2.45) is 0 Å². The predicted molar refractivity (Wildman–Crippen MR) is 79.6 cm³/mol. The molecule has 0 saturated carbocycles. The van der Waals surface area contributed by atoms with Crippen LogP contribution in [0.3, 0.4) is 0 Å². The second-order valence-electron chi connectivity index (χ2n) is 4.14. The highest BCUT2D eigenvalue weighted by atomic mass is 35.5. The van der Waals surface area contributed by atoms with Crippen LogP contribution in [0, 0.1) is 5.82 Å². The number of hydrogen-bond donors (Lipinski definition) is 2. The zero-order chi connectivity index (χ0) is 15.6. The molecule has 0 aliphatic carbocycles. The Morgan fingerprint density at radius 2 is 1.86 bits per heavy atom. The number of benzene rings is 2. The summed E-state index contributed by atoms with van der Waals surface area (Å²) in [5.41, 5.74) is -0.00546. The van der Waals surface area contributed by atoms with Crippen molar-refractivity contribution in [2.45, 2.75) is 11.5 Å². The maximum Gasteiger partial charge on any atom is 0.261 e. The average Bonchev–Trinajstić information content (AvgIpc) is 2.43. The molecule has 21 heavy (non-hydrogen) atoms. The molecule has 0 fully saturated rings. The second kappa shape index (κ2) is 6.19. The molecule has 4 nitrogen and oxygen atoms in total. The first-order valence-electron chi connectivity index (χ1n) is 5.70. The van der Waals surface area contributed by atoms with Crippen LogP contribution < -0.4 is 4.72 Å². The van der Waals surface area contributed by atoms with Crippen LogP contribution in [-0.2, 0) is 16.6 Å². The highest BCUT2D eigenvalue weighted by Gasteiger charge is 2.17. The third kappa shape index (κ3) is 3.65. The van der Waals surface area contributed by atoms with Gasteiger partial charge in [0.2, 0.25) is 0 Å². The van der Waals surface area contributed by atoms with Crippen LogP contribution in [0.25, 0.3) is 0 Å². The number of aliphatic hydroxyl groups is 1. The fourth-order valence-corrected chi connectivity index (χ4v) is 3.13. The zero-order valence-corrected chi connectivity index (χ0v) is 12.8. The Bertz CT molecular complexity index is 781. The summed E-state index contributed by atoms with van der Waals surface area (Å²) in [5, 5.41) is 9.47. The normalized spacial score (nSPS) is 11.4. The fraction of sp³-hybridized carbons (Fsp3) is 0.0769. The van der Waals surface area contributed by atoms with E-state index in [1.54, 1.807) is 0 Å². The van der Waals surface area contributed by atoms with Gasteiger partial charge >= 0.3 is 0 Å². The van der Waals surface area contributed by atoms with Crippen molar-refractivity contribution in [3.63, 3.8) is 0 Å². The molecule has 2 aromatic rings. The molecule has 0 aliphatic heterocycles. The van der Waals surface area contributed by atoms with E-state index in [-0.39, 0.29) is 21.2 Å². The lowest BCUT2D eigenvalue weighted by Gasteiger charge is -2.11. The summed E-state index contributed by atoms with van der Waals surface area (Å²) in [6, 6.07) is 7.44. The topological polar surface area (TPSA) is 66.4 Å². The van der Waals surface area contributed by atoms with E-state index in [1.165, 1.54) is 18.2 Å². The minimum absolute atomic E-state index is 0.110. The minimum Gasteiger partial charge on any atom is -0.392 e. The molecular formula is C13H10Cl2FNO3S. The van der Waals surface area contributed by atoms with E-state index in [2.05, 4.69) is 4.72 Å². The van der Waals surface area contributed by atoms with Crippen molar-refractivity contribution < 1.29 is 17.9 Å². The smallest absolute Gasteiger partial charge is 0.261 e. The summed E-state index contributed by atoms with van der Waals surface area (Å²) >= 11 is 11.7. The SMILES string of the molecule is O=S(=O)(Nc1cc(Cl)ccc1Cl)c1ccc(F)c(CO)c1. The van der Waals surface area contributed by atoms with Crippen LogP contribution in [0.5, 0.6) is 0 Å². The van der Waals surface area contributed by atoms with Gasteiger partial charge in [-0.3, -0.25) is 4.72 Å². The molecule has 112 valence electrons. The molecule has 2 N–H and O–H groups in total. The van der Waals surface area contributed by atoms with Crippen LogP contribution in [0.2, 0.25) is 10.0 Å². The Balaban J connectivity index is 2.41. The van der Waals surface area contributed by atoms with Gasteiger partial charge < -0.3 is 5.11 Å². The number of rotatable bonds is 4. The summed E-state index contributed by atoms with van der Waals surface area (Å²) in [5.74, 6) is -0.683. The first kappa shape index (κ1) is 16.0. The maximum absolute atomic E-state index is 13.3. The Morgan fingerprint density at radius 1 is 1.14 bits per heavy atom. The average molecular weight is 350 g/mol. The number of anilines is 1. The first-order chi connectivity index (χ1) is 9.83. The van der Waals surface area contributed by atoms with Crippen LogP contribution in [-0.4, -0.2) is 13.5 Å². The molecule has 0 bridgehead atoms. The van der Waals surface area contributed by atoms with Crippen molar-refractivity contribution in [3.8, 4) is 0 Å². The molecule has 0 aliphatic rings. The van der Waals surface area contributed by atoms with Crippen LogP contribution in [0.4, 0.5) is 10.1 Å². The summed E-state index contributed by atoms with van der Waals surface area (Å²) in [4.78, 5) is -0.191. The monoisotopic (exact) mass is 349 g/mol. The van der Waals surface area contributed by atoms with Gasteiger partial charge in [0.05, 0.1) is 22.2 Å². The number of nitrogens with one attached hydrogen (secondary N) is 1. The Hall–Kier alpha value is -1.34. The quantitative estimate of drug-likeness (QED) is 0.888. The predicted octanol–water partition coefficient (Wildman–Crippen LogP) is 3.43. The molecule has 8 heteroatoms. The van der Waals surface area contributed by atoms with E-state index in [9.17, 15) is 12.8 Å². The summed E-state index contributed by atoms with van der Waals surface area (Å²) in [7, 11) is -3.97. The summed E-state index contributed by atoms with van der Waals surface area (Å²) in [6.07, 6.45) is 0. The number of hydrogen-bond acceptors (Lipinski definition) is 3. The Kier molecular flexibility index (Phi) is 4.73. The van der Waals surface area contributed by atoms with Gasteiger partial charge in [0.15, 0.2) is 0 Å². The van der Waals surface area contributed by atoms with Crippen LogP contribution in [0.15, 0.2) is 41.3 Å². The lowest BCUT2D eigenvalue weighted by molar-refractivity contribution is 0.275. The largest absolute Gasteiger partial charge is 0.392 e. The van der Waals surface area contributed by atoms with Gasteiger partial charge in [-0.1, -0.05) is 23.2 Å².